The van der Waals surface area contributed by atoms with Gasteiger partial charge >= 0.3 is 6.18 Å². The monoisotopic (exact) mass is 329 g/mol. The summed E-state index contributed by atoms with van der Waals surface area (Å²) in [4.78, 5) is 19.6. The lowest BCUT2D eigenvalue weighted by Gasteiger charge is -2.09. The zero-order valence-electron chi connectivity index (χ0n) is 11.0. The molecule has 0 spiro atoms. The Morgan fingerprint density at radius 3 is 2.59 bits per heavy atom. The standard InChI is InChI=1S/C12H7ClF3N5O/c1-20-5-18-9-7(11(20)22)4-19-21(9)10-8(13)2-6(3-17-10)12(14,15)16/h2-5H,1H3. The number of alkyl halides is 3. The van der Waals surface area contributed by atoms with Gasteiger partial charge in [-0.3, -0.25) is 4.79 Å². The molecule has 0 aliphatic heterocycles. The fourth-order valence-electron chi connectivity index (χ4n) is 1.90. The first-order chi connectivity index (χ1) is 10.3. The van der Waals surface area contributed by atoms with E-state index >= 15 is 0 Å². The van der Waals surface area contributed by atoms with Crippen LogP contribution in [-0.2, 0) is 13.2 Å². The maximum atomic E-state index is 12.6. The third kappa shape index (κ3) is 2.23. The van der Waals surface area contributed by atoms with Crippen LogP contribution in [0.15, 0.2) is 29.6 Å². The van der Waals surface area contributed by atoms with Gasteiger partial charge in [0.2, 0.25) is 0 Å². The molecule has 0 saturated carbocycles. The summed E-state index contributed by atoms with van der Waals surface area (Å²) in [6.45, 7) is 0. The highest BCUT2D eigenvalue weighted by atomic mass is 35.5. The van der Waals surface area contributed by atoms with E-state index in [1.165, 1.54) is 24.1 Å². The molecule has 0 radical (unpaired) electrons. The largest absolute Gasteiger partial charge is 0.417 e. The Morgan fingerprint density at radius 1 is 1.23 bits per heavy atom. The highest BCUT2D eigenvalue weighted by Crippen LogP contribution is 2.32. The van der Waals surface area contributed by atoms with Gasteiger partial charge in [-0.1, -0.05) is 11.6 Å². The third-order valence-corrected chi connectivity index (χ3v) is 3.28. The van der Waals surface area contributed by atoms with Gasteiger partial charge in [-0.25, -0.2) is 9.97 Å². The predicted octanol–water partition coefficient (Wildman–Crippen LogP) is 2.19. The number of nitrogens with zero attached hydrogens (tertiary/aromatic N) is 5. The molecule has 0 fully saturated rings. The lowest BCUT2D eigenvalue weighted by molar-refractivity contribution is -0.137. The Kier molecular flexibility index (Phi) is 3.17. The first-order valence-electron chi connectivity index (χ1n) is 5.91. The van der Waals surface area contributed by atoms with Gasteiger partial charge in [0.1, 0.15) is 5.39 Å². The first-order valence-corrected chi connectivity index (χ1v) is 6.29. The molecule has 3 aromatic heterocycles. The fourth-order valence-corrected chi connectivity index (χ4v) is 2.14. The topological polar surface area (TPSA) is 65.6 Å². The van der Waals surface area contributed by atoms with Crippen LogP contribution >= 0.6 is 11.6 Å². The second-order valence-corrected chi connectivity index (χ2v) is 4.89. The summed E-state index contributed by atoms with van der Waals surface area (Å²) < 4.78 is 40.2. The zero-order chi connectivity index (χ0) is 16.1. The van der Waals surface area contributed by atoms with Crippen molar-refractivity contribution in [3.8, 4) is 5.82 Å². The average molecular weight is 330 g/mol. The molecule has 0 amide bonds. The SMILES string of the molecule is Cn1cnc2c(cnn2-c2ncc(C(F)(F)F)cc2Cl)c1=O. The Balaban J connectivity index is 2.21. The maximum Gasteiger partial charge on any atom is 0.417 e. The van der Waals surface area contributed by atoms with Crippen LogP contribution in [0.5, 0.6) is 0 Å². The van der Waals surface area contributed by atoms with Crippen molar-refractivity contribution in [2.45, 2.75) is 6.18 Å². The fraction of sp³-hybridized carbons (Fsp3) is 0.167. The lowest BCUT2D eigenvalue weighted by Crippen LogP contribution is -2.17. The van der Waals surface area contributed by atoms with Crippen molar-refractivity contribution in [3.63, 3.8) is 0 Å². The van der Waals surface area contributed by atoms with Gasteiger partial charge in [-0.15, -0.1) is 0 Å². The molecule has 3 aromatic rings. The maximum absolute atomic E-state index is 12.6. The molecule has 22 heavy (non-hydrogen) atoms. The summed E-state index contributed by atoms with van der Waals surface area (Å²) >= 11 is 5.86. The van der Waals surface area contributed by atoms with Crippen molar-refractivity contribution in [2.24, 2.45) is 7.05 Å². The second kappa shape index (κ2) is 4.80. The van der Waals surface area contributed by atoms with E-state index < -0.39 is 11.7 Å². The molecular weight excluding hydrogens is 323 g/mol. The van der Waals surface area contributed by atoms with E-state index in [9.17, 15) is 18.0 Å². The lowest BCUT2D eigenvalue weighted by atomic mass is 10.3. The van der Waals surface area contributed by atoms with E-state index in [2.05, 4.69) is 15.1 Å². The van der Waals surface area contributed by atoms with E-state index in [0.29, 0.717) is 6.20 Å². The second-order valence-electron chi connectivity index (χ2n) is 4.48. The van der Waals surface area contributed by atoms with Crippen molar-refractivity contribution in [3.05, 3.63) is 45.7 Å². The van der Waals surface area contributed by atoms with E-state index in [-0.39, 0.29) is 27.4 Å². The van der Waals surface area contributed by atoms with Crippen molar-refractivity contribution in [1.29, 1.82) is 0 Å². The Labute approximate surface area is 125 Å². The van der Waals surface area contributed by atoms with E-state index in [0.717, 1.165) is 10.7 Å². The smallest absolute Gasteiger partial charge is 0.302 e. The van der Waals surface area contributed by atoms with Crippen LogP contribution in [0.1, 0.15) is 5.56 Å². The minimum atomic E-state index is -4.55. The highest BCUT2D eigenvalue weighted by Gasteiger charge is 2.32. The molecule has 3 heterocycles. The van der Waals surface area contributed by atoms with E-state index in [1.807, 2.05) is 0 Å². The van der Waals surface area contributed by atoms with Crippen molar-refractivity contribution >= 4 is 22.6 Å². The molecule has 0 aromatic carbocycles. The Hall–Kier alpha value is -2.42. The van der Waals surface area contributed by atoms with Crippen LogP contribution in [0, 0.1) is 0 Å². The summed E-state index contributed by atoms with van der Waals surface area (Å²) in [5.74, 6) is -0.0366. The zero-order valence-corrected chi connectivity index (χ0v) is 11.7. The van der Waals surface area contributed by atoms with Crippen molar-refractivity contribution in [1.82, 2.24) is 24.3 Å². The van der Waals surface area contributed by atoms with Crippen LogP contribution in [0.25, 0.3) is 16.9 Å². The summed E-state index contributed by atoms with van der Waals surface area (Å²) in [7, 11) is 1.52. The molecule has 6 nitrogen and oxygen atoms in total. The highest BCUT2D eigenvalue weighted by molar-refractivity contribution is 6.32. The number of aryl methyl sites for hydroxylation is 1. The van der Waals surface area contributed by atoms with Gasteiger partial charge in [0.25, 0.3) is 5.56 Å². The molecule has 0 aliphatic rings. The summed E-state index contributed by atoms with van der Waals surface area (Å²) in [6.07, 6.45) is -1.35. The third-order valence-electron chi connectivity index (χ3n) is 3.00. The number of hydrogen-bond acceptors (Lipinski definition) is 4. The molecule has 10 heteroatoms. The minimum Gasteiger partial charge on any atom is -0.302 e. The number of pyridine rings is 1. The Morgan fingerprint density at radius 2 is 1.95 bits per heavy atom. The van der Waals surface area contributed by atoms with Gasteiger partial charge in [-0.05, 0) is 6.07 Å². The van der Waals surface area contributed by atoms with Crippen LogP contribution in [0.3, 0.4) is 0 Å². The van der Waals surface area contributed by atoms with Crippen LogP contribution in [0.4, 0.5) is 13.2 Å². The molecule has 0 atom stereocenters. The normalized spacial score (nSPS) is 12.0. The van der Waals surface area contributed by atoms with Crippen molar-refractivity contribution in [2.75, 3.05) is 0 Å². The molecule has 3 rings (SSSR count). The minimum absolute atomic E-state index is 0.0366. The predicted molar refractivity (Wildman–Crippen MR) is 71.9 cm³/mol. The number of hydrogen-bond donors (Lipinski definition) is 0. The molecule has 0 unspecified atom stereocenters. The quantitative estimate of drug-likeness (QED) is 0.686. The number of halogens is 4. The van der Waals surface area contributed by atoms with Gasteiger partial charge in [0.15, 0.2) is 11.5 Å². The number of aromatic nitrogens is 5. The first kappa shape index (κ1) is 14.5. The molecule has 0 aliphatic carbocycles. The van der Waals surface area contributed by atoms with Crippen LogP contribution < -0.4 is 5.56 Å². The van der Waals surface area contributed by atoms with Crippen LogP contribution in [0.2, 0.25) is 5.02 Å². The molecule has 0 N–H and O–H groups in total. The summed E-state index contributed by atoms with van der Waals surface area (Å²) in [6, 6.07) is 0.748. The molecule has 0 saturated heterocycles. The van der Waals surface area contributed by atoms with Gasteiger partial charge in [0, 0.05) is 13.2 Å². The number of fused-ring (bicyclic) bond motifs is 1. The van der Waals surface area contributed by atoms with Gasteiger partial charge < -0.3 is 4.57 Å². The number of rotatable bonds is 1. The average Bonchev–Trinajstić information content (AvgIpc) is 2.86. The van der Waals surface area contributed by atoms with Crippen LogP contribution in [-0.4, -0.2) is 24.3 Å². The molecular formula is C12H7ClF3N5O. The Bertz CT molecular complexity index is 931. The molecule has 0 bridgehead atoms. The van der Waals surface area contributed by atoms with Gasteiger partial charge in [-0.2, -0.15) is 23.0 Å². The summed E-state index contributed by atoms with van der Waals surface area (Å²) in [5, 5.41) is 3.90. The van der Waals surface area contributed by atoms with E-state index in [4.69, 9.17) is 11.6 Å². The summed E-state index contributed by atoms with van der Waals surface area (Å²) in [5.41, 5.74) is -1.14. The van der Waals surface area contributed by atoms with E-state index in [1.54, 1.807) is 0 Å². The van der Waals surface area contributed by atoms with Gasteiger partial charge in [0.05, 0.1) is 23.1 Å². The molecule has 114 valence electrons. The van der Waals surface area contributed by atoms with Crippen molar-refractivity contribution < 1.29 is 13.2 Å².